The van der Waals surface area contributed by atoms with Gasteiger partial charge in [0, 0.05) is 25.8 Å². The van der Waals surface area contributed by atoms with E-state index >= 15 is 0 Å². The van der Waals surface area contributed by atoms with Gasteiger partial charge in [-0.2, -0.15) is 0 Å². The first-order chi connectivity index (χ1) is 48.9. The SMILES string of the molecule is CC(C)C[C@H](NC(=O)[C@@H](NC(=O)[C@@H]1CCCN1C(=O)[C@H](CCC(=O)O)NC(=O)[C@H](CO)NC(=O)[C@H](CC(=O)O)NC(=O)[C@H](CC(=O)O)NC(=O)[C@H](CCC(=O)O)NC(=O)[C@H](CC(=O)O)NC(=O)[C@H](Cc1ccccc1)NC(=O)[C@@H](N)CCCCN)C(C)C)C(=O)N[C@@H](CCCCN)C(=O)NCC(=O)O. The summed E-state index contributed by atoms with van der Waals surface area (Å²) in [6.45, 7) is 4.84. The molecule has 1 aliphatic rings. The van der Waals surface area contributed by atoms with Crippen LogP contribution in [0.1, 0.15) is 136 Å². The van der Waals surface area contributed by atoms with Crippen molar-refractivity contribution in [1.29, 1.82) is 0 Å². The van der Waals surface area contributed by atoms with Gasteiger partial charge in [-0.25, -0.2) is 0 Å². The molecule has 1 aliphatic heterocycles. The minimum Gasteiger partial charge on any atom is -0.481 e. The maximum atomic E-state index is 14.4. The number of hydrogen-bond acceptors (Lipinski definition) is 22. The molecule has 1 aromatic carbocycles. The van der Waals surface area contributed by atoms with Gasteiger partial charge in [-0.05, 0) is 94.7 Å². The van der Waals surface area contributed by atoms with Crippen LogP contribution in [0.15, 0.2) is 30.3 Å². The van der Waals surface area contributed by atoms with E-state index in [1.807, 2.05) is 16.0 Å². The summed E-state index contributed by atoms with van der Waals surface area (Å²) in [4.78, 5) is 238. The number of nitrogens with zero attached hydrogens (tertiary/aromatic N) is 1. The highest BCUT2D eigenvalue weighted by Gasteiger charge is 2.42. The predicted octanol–water partition coefficient (Wildman–Crippen LogP) is -6.30. The minimum atomic E-state index is -2.34. The van der Waals surface area contributed by atoms with Crippen molar-refractivity contribution in [3.05, 3.63) is 35.9 Å². The number of carboxylic acid groups (broad SMARTS) is 6. The molecule has 0 spiro atoms. The molecule has 1 fully saturated rings. The number of carboxylic acids is 6. The Bertz CT molecular complexity index is 3180. The Labute approximate surface area is 597 Å². The Morgan fingerprint density at radius 2 is 0.865 bits per heavy atom. The lowest BCUT2D eigenvalue weighted by Crippen LogP contribution is -2.61. The molecule has 24 N–H and O–H groups in total. The number of amides is 12. The molecule has 0 unspecified atom stereocenters. The molecule has 0 bridgehead atoms. The van der Waals surface area contributed by atoms with Gasteiger partial charge in [0.1, 0.15) is 73.0 Å². The van der Waals surface area contributed by atoms with Crippen LogP contribution in [0.5, 0.6) is 0 Å². The number of carbonyl (C=O) groups is 18. The largest absolute Gasteiger partial charge is 0.481 e. The van der Waals surface area contributed by atoms with Crippen LogP contribution in [-0.4, -0.2) is 253 Å². The second-order valence-electron chi connectivity index (χ2n) is 25.4. The normalized spacial score (nSPS) is 15.7. The fraction of sp³-hybridized carbons (Fsp3) is 0.625. The molecule has 40 nitrogen and oxygen atoms in total. The number of rotatable bonds is 50. The average Bonchev–Trinajstić information content (AvgIpc) is 1.83. The summed E-state index contributed by atoms with van der Waals surface area (Å²) in [5.74, 6) is -24.8. The van der Waals surface area contributed by atoms with Crippen LogP contribution in [0.2, 0.25) is 0 Å². The molecule has 0 saturated carbocycles. The monoisotopic (exact) mass is 1480 g/mol. The van der Waals surface area contributed by atoms with Crippen LogP contribution >= 0.6 is 0 Å². The van der Waals surface area contributed by atoms with E-state index in [1.54, 1.807) is 58.0 Å². The highest BCUT2D eigenvalue weighted by molar-refractivity contribution is 6.01. The maximum absolute atomic E-state index is 14.4. The van der Waals surface area contributed by atoms with Crippen molar-refractivity contribution < 1.29 is 122 Å². The molecule has 104 heavy (non-hydrogen) atoms. The molecule has 0 aliphatic carbocycles. The zero-order valence-corrected chi connectivity index (χ0v) is 58.2. The molecule has 12 atom stereocenters. The Hall–Kier alpha value is -10.5. The van der Waals surface area contributed by atoms with Crippen LogP contribution in [0.4, 0.5) is 0 Å². The molecule has 1 heterocycles. The van der Waals surface area contributed by atoms with Crippen LogP contribution < -0.4 is 75.7 Å². The molecule has 40 heteroatoms. The predicted molar refractivity (Wildman–Crippen MR) is 360 cm³/mol. The summed E-state index contributed by atoms with van der Waals surface area (Å²) in [7, 11) is 0. The summed E-state index contributed by atoms with van der Waals surface area (Å²) >= 11 is 0. The molecular formula is C64H99N15O25. The maximum Gasteiger partial charge on any atom is 0.322 e. The van der Waals surface area contributed by atoms with Gasteiger partial charge in [0.2, 0.25) is 70.9 Å². The van der Waals surface area contributed by atoms with Crippen molar-refractivity contribution >= 4 is 107 Å². The quantitative estimate of drug-likeness (QED) is 0.0270. The molecule has 12 amide bonds. The first kappa shape index (κ1) is 89.6. The number of nitrogens with two attached hydrogens (primary N) is 3. The summed E-state index contributed by atoms with van der Waals surface area (Å²) < 4.78 is 0. The number of nitrogens with one attached hydrogen (secondary N) is 11. The number of aliphatic carboxylic acids is 6. The van der Waals surface area contributed by atoms with E-state index in [0.717, 1.165) is 4.90 Å². The van der Waals surface area contributed by atoms with E-state index in [0.29, 0.717) is 37.8 Å². The van der Waals surface area contributed by atoms with Crippen LogP contribution in [0, 0.1) is 11.8 Å². The van der Waals surface area contributed by atoms with Crippen molar-refractivity contribution in [3.63, 3.8) is 0 Å². The second-order valence-corrected chi connectivity index (χ2v) is 25.4. The van der Waals surface area contributed by atoms with Crippen molar-refractivity contribution in [3.8, 4) is 0 Å². The van der Waals surface area contributed by atoms with Crippen LogP contribution in [0.25, 0.3) is 0 Å². The Morgan fingerprint density at radius 1 is 0.452 bits per heavy atom. The van der Waals surface area contributed by atoms with E-state index in [9.17, 15) is 117 Å². The van der Waals surface area contributed by atoms with E-state index in [2.05, 4.69) is 42.5 Å². The zero-order valence-electron chi connectivity index (χ0n) is 58.2. The van der Waals surface area contributed by atoms with Gasteiger partial charge in [-0.15, -0.1) is 0 Å². The number of unbranched alkanes of at least 4 members (excludes halogenated alkanes) is 2. The molecular weight excluding hydrogens is 1380 g/mol. The van der Waals surface area contributed by atoms with Gasteiger partial charge < -0.3 is 116 Å². The topological polar surface area (TPSA) is 662 Å². The van der Waals surface area contributed by atoms with Gasteiger partial charge in [0.15, 0.2) is 0 Å². The van der Waals surface area contributed by atoms with Crippen molar-refractivity contribution in [2.45, 2.75) is 209 Å². The number of likely N-dealkylation sites (tertiary alicyclic amines) is 1. The Morgan fingerprint density at radius 3 is 1.33 bits per heavy atom. The molecule has 0 radical (unpaired) electrons. The lowest BCUT2D eigenvalue weighted by atomic mass is 9.99. The summed E-state index contributed by atoms with van der Waals surface area (Å²) in [6.07, 6.45) is -5.40. The lowest BCUT2D eigenvalue weighted by Gasteiger charge is -2.31. The summed E-state index contributed by atoms with van der Waals surface area (Å²) in [6, 6.07) is -12.8. The van der Waals surface area contributed by atoms with Crippen molar-refractivity contribution in [2.24, 2.45) is 29.0 Å². The standard InChI is InChI=1S/C64H99N15O25/c1-32(2)25-39(56(96)69-36(16-9-11-23-66)54(94)68-30-51(91)92)76-63(103)52(33(3)4)78-62(102)45-17-12-24-79(45)64(104)38(19-21-47(83)84)71-61(101)44(31-80)77-60(100)43(29-50(89)90)75-59(99)42(28-49(87)88)73-55(95)37(18-20-46(81)82)70-58(98)41(27-48(85)86)74-57(97)40(26-34-13-6-5-7-14-34)72-53(93)35(67)15-8-10-22-65/h5-7,13-14,32-33,35-45,52,80H,8-12,15-31,65-67H2,1-4H3,(H,68,94)(H,69,96)(H,70,98)(H,71,101)(H,72,93)(H,73,95)(H,74,97)(H,75,99)(H,76,103)(H,77,100)(H,78,102)(H,81,82)(H,83,84)(H,85,86)(H,87,88)(H,89,90)(H,91,92)/t35-,36-,37-,38-,39-,40-,41-,42-,43-,44-,45-,52-/m0/s1. The van der Waals surface area contributed by atoms with E-state index < -0.39 is 243 Å². The number of aliphatic hydroxyl groups is 1. The summed E-state index contributed by atoms with van der Waals surface area (Å²) in [5.41, 5.74) is 17.7. The second kappa shape index (κ2) is 46.2. The highest BCUT2D eigenvalue weighted by Crippen LogP contribution is 2.22. The van der Waals surface area contributed by atoms with Gasteiger partial charge in [0.25, 0.3) is 0 Å². The first-order valence-electron chi connectivity index (χ1n) is 33.7. The van der Waals surface area contributed by atoms with E-state index in [-0.39, 0.29) is 57.5 Å². The Balaban J connectivity index is 2.42. The third kappa shape index (κ3) is 33.1. The third-order valence-electron chi connectivity index (χ3n) is 16.0. The van der Waals surface area contributed by atoms with Crippen molar-refractivity contribution in [2.75, 3.05) is 32.8 Å². The van der Waals surface area contributed by atoms with Crippen LogP contribution in [-0.2, 0) is 92.7 Å². The van der Waals surface area contributed by atoms with Gasteiger partial charge >= 0.3 is 35.8 Å². The van der Waals surface area contributed by atoms with Crippen LogP contribution in [0.3, 0.4) is 0 Å². The van der Waals surface area contributed by atoms with E-state index in [4.69, 9.17) is 22.3 Å². The van der Waals surface area contributed by atoms with Gasteiger partial charge in [-0.1, -0.05) is 64.4 Å². The smallest absolute Gasteiger partial charge is 0.322 e. The molecule has 0 aromatic heterocycles. The third-order valence-corrected chi connectivity index (χ3v) is 16.0. The van der Waals surface area contributed by atoms with Crippen molar-refractivity contribution in [1.82, 2.24) is 63.4 Å². The number of aliphatic hydroxyl groups excluding tert-OH is 1. The first-order valence-corrected chi connectivity index (χ1v) is 33.7. The zero-order chi connectivity index (χ0) is 78.5. The minimum absolute atomic E-state index is 0.0199. The fourth-order valence-electron chi connectivity index (χ4n) is 10.6. The number of hydrogen-bond donors (Lipinski definition) is 21. The number of benzene rings is 1. The summed E-state index contributed by atoms with van der Waals surface area (Å²) in [5, 5.41) is 92.9. The fourth-order valence-corrected chi connectivity index (χ4v) is 10.6. The molecule has 1 saturated heterocycles. The molecule has 580 valence electrons. The lowest BCUT2D eigenvalue weighted by molar-refractivity contribution is -0.144. The molecule has 1 aromatic rings. The molecule has 2 rings (SSSR count). The average molecular weight is 1480 g/mol. The van der Waals surface area contributed by atoms with Gasteiger partial charge in [0.05, 0.1) is 31.9 Å². The van der Waals surface area contributed by atoms with Gasteiger partial charge in [-0.3, -0.25) is 86.3 Å². The van der Waals surface area contributed by atoms with E-state index in [1.165, 1.54) is 0 Å². The highest BCUT2D eigenvalue weighted by atomic mass is 16.4. The number of carbonyl (C=O) groups excluding carboxylic acids is 12. The Kier molecular flexibility index (Phi) is 39.8.